The Balaban J connectivity index is 2.44. The van der Waals surface area contributed by atoms with E-state index in [0.717, 1.165) is 12.0 Å². The molecule has 6 nitrogen and oxygen atoms in total. The van der Waals surface area contributed by atoms with Gasteiger partial charge in [0.05, 0.1) is 24.8 Å². The SMILES string of the molecule is CC/C=C\c1c(OC)ccc(C(=O)/C=C/c2cc(N)ccc2OCOC)c1OCC. The number of ether oxygens (including phenoxy) is 4. The maximum absolute atomic E-state index is 13.0. The number of carbonyl (C=O) groups excluding carboxylic acids is 1. The monoisotopic (exact) mass is 411 g/mol. The molecule has 0 atom stereocenters. The quantitative estimate of drug-likeness (QED) is 0.243. The van der Waals surface area contributed by atoms with Gasteiger partial charge in [-0.1, -0.05) is 19.1 Å². The maximum atomic E-state index is 13.0. The zero-order valence-corrected chi connectivity index (χ0v) is 17.9. The van der Waals surface area contributed by atoms with Crippen molar-refractivity contribution in [2.45, 2.75) is 20.3 Å². The van der Waals surface area contributed by atoms with E-state index in [0.29, 0.717) is 40.7 Å². The minimum atomic E-state index is -0.202. The van der Waals surface area contributed by atoms with Crippen molar-refractivity contribution in [1.82, 2.24) is 0 Å². The molecule has 0 saturated heterocycles. The van der Waals surface area contributed by atoms with Gasteiger partial charge in [0.1, 0.15) is 17.2 Å². The van der Waals surface area contributed by atoms with Crippen LogP contribution in [-0.4, -0.2) is 33.4 Å². The van der Waals surface area contributed by atoms with E-state index in [4.69, 9.17) is 24.7 Å². The number of rotatable bonds is 11. The van der Waals surface area contributed by atoms with Crippen molar-refractivity contribution in [3.8, 4) is 17.2 Å². The molecule has 0 fully saturated rings. The van der Waals surface area contributed by atoms with Gasteiger partial charge in [-0.05, 0) is 55.8 Å². The molecule has 0 heterocycles. The Morgan fingerprint density at radius 1 is 1.03 bits per heavy atom. The molecule has 0 spiro atoms. The molecule has 0 radical (unpaired) electrons. The minimum absolute atomic E-state index is 0.0960. The molecule has 160 valence electrons. The van der Waals surface area contributed by atoms with Crippen LogP contribution in [-0.2, 0) is 4.74 Å². The van der Waals surface area contributed by atoms with Crippen LogP contribution in [0.25, 0.3) is 12.2 Å². The van der Waals surface area contributed by atoms with E-state index < -0.39 is 0 Å². The first-order valence-electron chi connectivity index (χ1n) is 9.79. The fraction of sp³-hybridized carbons (Fsp3) is 0.292. The number of methoxy groups -OCH3 is 2. The number of hydrogen-bond acceptors (Lipinski definition) is 6. The Kier molecular flexibility index (Phi) is 8.97. The molecule has 0 aliphatic heterocycles. The molecule has 6 heteroatoms. The second-order valence-electron chi connectivity index (χ2n) is 6.35. The Hall–Kier alpha value is -3.25. The molecule has 2 N–H and O–H groups in total. The van der Waals surface area contributed by atoms with Crippen molar-refractivity contribution in [1.29, 1.82) is 0 Å². The molecule has 0 bridgehead atoms. The van der Waals surface area contributed by atoms with E-state index in [1.165, 1.54) is 6.08 Å². The van der Waals surface area contributed by atoms with E-state index in [9.17, 15) is 4.79 Å². The number of carbonyl (C=O) groups is 1. The number of anilines is 1. The number of nitrogens with two attached hydrogens (primary N) is 1. The first-order chi connectivity index (χ1) is 14.5. The van der Waals surface area contributed by atoms with Crippen molar-refractivity contribution in [3.63, 3.8) is 0 Å². The molecule has 30 heavy (non-hydrogen) atoms. The predicted octanol–water partition coefficient (Wildman–Crippen LogP) is 4.98. The number of hydrogen-bond donors (Lipinski definition) is 1. The van der Waals surface area contributed by atoms with Crippen LogP contribution in [0, 0.1) is 0 Å². The number of benzene rings is 2. The highest BCUT2D eigenvalue weighted by molar-refractivity contribution is 6.09. The summed E-state index contributed by atoms with van der Waals surface area (Å²) in [7, 11) is 3.14. The Labute approximate surface area is 177 Å². The van der Waals surface area contributed by atoms with Gasteiger partial charge >= 0.3 is 0 Å². The molecule has 2 aromatic carbocycles. The third-order valence-corrected chi connectivity index (χ3v) is 4.23. The van der Waals surface area contributed by atoms with E-state index in [1.807, 2.05) is 26.0 Å². The average molecular weight is 411 g/mol. The summed E-state index contributed by atoms with van der Waals surface area (Å²) in [5.74, 6) is 1.52. The van der Waals surface area contributed by atoms with Gasteiger partial charge in [-0.25, -0.2) is 0 Å². The zero-order valence-electron chi connectivity index (χ0n) is 17.9. The molecule has 2 aromatic rings. The smallest absolute Gasteiger partial charge is 0.189 e. The summed E-state index contributed by atoms with van der Waals surface area (Å²) in [5, 5.41) is 0. The summed E-state index contributed by atoms with van der Waals surface area (Å²) >= 11 is 0. The van der Waals surface area contributed by atoms with E-state index >= 15 is 0 Å². The lowest BCUT2D eigenvalue weighted by molar-refractivity contribution is 0.0510. The first-order valence-corrected chi connectivity index (χ1v) is 9.79. The van der Waals surface area contributed by atoms with Crippen LogP contribution >= 0.6 is 0 Å². The minimum Gasteiger partial charge on any atom is -0.496 e. The van der Waals surface area contributed by atoms with Gasteiger partial charge in [-0.3, -0.25) is 4.79 Å². The van der Waals surface area contributed by atoms with Crippen molar-refractivity contribution in [3.05, 3.63) is 59.2 Å². The van der Waals surface area contributed by atoms with Gasteiger partial charge in [0, 0.05) is 18.4 Å². The van der Waals surface area contributed by atoms with Gasteiger partial charge in [0.15, 0.2) is 12.6 Å². The summed E-state index contributed by atoms with van der Waals surface area (Å²) in [6.07, 6.45) is 7.92. The summed E-state index contributed by atoms with van der Waals surface area (Å²) < 4.78 is 21.8. The molecule has 0 amide bonds. The van der Waals surface area contributed by atoms with Gasteiger partial charge in [-0.15, -0.1) is 0 Å². The second-order valence-corrected chi connectivity index (χ2v) is 6.35. The molecule has 2 rings (SSSR count). The predicted molar refractivity (Wildman–Crippen MR) is 120 cm³/mol. The van der Waals surface area contributed by atoms with Crippen LogP contribution in [0.5, 0.6) is 17.2 Å². The van der Waals surface area contributed by atoms with Crippen LogP contribution < -0.4 is 19.9 Å². The van der Waals surface area contributed by atoms with Crippen LogP contribution in [0.15, 0.2) is 42.5 Å². The lowest BCUT2D eigenvalue weighted by Crippen LogP contribution is -2.05. The third kappa shape index (κ3) is 5.87. The maximum Gasteiger partial charge on any atom is 0.189 e. The zero-order chi connectivity index (χ0) is 21.9. The number of nitrogen functional groups attached to an aromatic ring is 1. The van der Waals surface area contributed by atoms with Gasteiger partial charge in [0.2, 0.25) is 0 Å². The fourth-order valence-corrected chi connectivity index (χ4v) is 2.85. The van der Waals surface area contributed by atoms with E-state index in [2.05, 4.69) is 0 Å². The average Bonchev–Trinajstić information content (AvgIpc) is 2.75. The lowest BCUT2D eigenvalue weighted by atomic mass is 10.0. The lowest BCUT2D eigenvalue weighted by Gasteiger charge is -2.15. The van der Waals surface area contributed by atoms with Gasteiger partial charge in [0.25, 0.3) is 0 Å². The molecular weight excluding hydrogens is 382 g/mol. The first kappa shape index (κ1) is 23.0. The van der Waals surface area contributed by atoms with Gasteiger partial charge < -0.3 is 24.7 Å². The van der Waals surface area contributed by atoms with Crippen LogP contribution in [0.4, 0.5) is 5.69 Å². The topological polar surface area (TPSA) is 80.0 Å². The van der Waals surface area contributed by atoms with Crippen molar-refractivity contribution in [2.24, 2.45) is 0 Å². The third-order valence-electron chi connectivity index (χ3n) is 4.23. The molecule has 0 unspecified atom stereocenters. The fourth-order valence-electron chi connectivity index (χ4n) is 2.85. The van der Waals surface area contributed by atoms with Crippen molar-refractivity contribution in [2.75, 3.05) is 33.4 Å². The highest BCUT2D eigenvalue weighted by Crippen LogP contribution is 2.34. The highest BCUT2D eigenvalue weighted by atomic mass is 16.7. The van der Waals surface area contributed by atoms with E-state index in [1.54, 1.807) is 50.6 Å². The molecule has 0 saturated carbocycles. The van der Waals surface area contributed by atoms with E-state index in [-0.39, 0.29) is 12.6 Å². The summed E-state index contributed by atoms with van der Waals surface area (Å²) in [6.45, 7) is 4.44. The highest BCUT2D eigenvalue weighted by Gasteiger charge is 2.17. The van der Waals surface area contributed by atoms with Crippen molar-refractivity contribution < 1.29 is 23.7 Å². The van der Waals surface area contributed by atoms with Crippen molar-refractivity contribution >= 4 is 23.6 Å². The molecule has 0 aliphatic carbocycles. The molecular formula is C24H29NO5. The Bertz CT molecular complexity index is 918. The number of allylic oxidation sites excluding steroid dienone is 2. The summed E-state index contributed by atoms with van der Waals surface area (Å²) in [5.41, 5.74) is 8.33. The second kappa shape index (κ2) is 11.7. The summed E-state index contributed by atoms with van der Waals surface area (Å²) in [6, 6.07) is 8.69. The molecule has 0 aromatic heterocycles. The molecule has 0 aliphatic rings. The van der Waals surface area contributed by atoms with Crippen LogP contribution in [0.2, 0.25) is 0 Å². The standard InChI is InChI=1S/C24H29NO5/c1-5-7-8-20-23(28-4)14-11-19(24(20)29-6-2)21(26)12-9-17-15-18(25)10-13-22(17)30-16-27-3/h7-15H,5-6,16,25H2,1-4H3/b8-7-,12-9+. The largest absolute Gasteiger partial charge is 0.496 e. The normalized spacial score (nSPS) is 11.2. The summed E-state index contributed by atoms with van der Waals surface area (Å²) in [4.78, 5) is 13.0. The Morgan fingerprint density at radius 3 is 2.47 bits per heavy atom. The van der Waals surface area contributed by atoms with Gasteiger partial charge in [-0.2, -0.15) is 0 Å². The number of ketones is 1. The van der Waals surface area contributed by atoms with Crippen LogP contribution in [0.1, 0.15) is 41.8 Å². The Morgan fingerprint density at radius 2 is 1.80 bits per heavy atom. The van der Waals surface area contributed by atoms with Crippen LogP contribution in [0.3, 0.4) is 0 Å².